The number of hydrogen-bond acceptors (Lipinski definition) is 4. The minimum Gasteiger partial charge on any atom is -0.476 e. The molecule has 0 atom stereocenters. The highest BCUT2D eigenvalue weighted by Gasteiger charge is 2.13. The molecule has 1 aromatic carbocycles. The van der Waals surface area contributed by atoms with Crippen LogP contribution in [-0.2, 0) is 0 Å². The number of benzene rings is 1. The third-order valence-electron chi connectivity index (χ3n) is 2.45. The lowest BCUT2D eigenvalue weighted by molar-refractivity contribution is 0.0692. The first-order valence-corrected chi connectivity index (χ1v) is 5.13. The molecule has 0 aliphatic rings. The first-order chi connectivity index (χ1) is 8.63. The summed E-state index contributed by atoms with van der Waals surface area (Å²) in [4.78, 5) is 14.9. The van der Waals surface area contributed by atoms with Crippen LogP contribution in [0.1, 0.15) is 16.1 Å². The predicted molar refractivity (Wildman–Crippen MR) is 65.8 cm³/mol. The summed E-state index contributed by atoms with van der Waals surface area (Å²) in [7, 11) is 0. The first-order valence-electron chi connectivity index (χ1n) is 5.13. The Morgan fingerprint density at radius 2 is 2.00 bits per heavy atom. The van der Waals surface area contributed by atoms with Crippen molar-refractivity contribution in [2.75, 3.05) is 5.73 Å². The van der Waals surface area contributed by atoms with Gasteiger partial charge in [-0.1, -0.05) is 18.2 Å². The maximum Gasteiger partial charge on any atom is 0.356 e. The van der Waals surface area contributed by atoms with Crippen molar-refractivity contribution in [2.45, 2.75) is 0 Å². The van der Waals surface area contributed by atoms with Gasteiger partial charge in [0, 0.05) is 5.56 Å². The number of carbonyl (C=O) groups is 1. The molecule has 1 aromatic heterocycles. The molecule has 88 valence electrons. The van der Waals surface area contributed by atoms with Gasteiger partial charge in [0.1, 0.15) is 0 Å². The number of nitriles is 1. The molecule has 5 heteroatoms. The van der Waals surface area contributed by atoms with Gasteiger partial charge in [0.25, 0.3) is 0 Å². The highest BCUT2D eigenvalue weighted by atomic mass is 16.4. The van der Waals surface area contributed by atoms with E-state index in [9.17, 15) is 4.79 Å². The maximum atomic E-state index is 11.0. The van der Waals surface area contributed by atoms with E-state index < -0.39 is 5.97 Å². The SMILES string of the molecule is N#Cc1ccccc1-c1ccc(N)c(C(=O)O)n1. The highest BCUT2D eigenvalue weighted by Crippen LogP contribution is 2.23. The third-order valence-corrected chi connectivity index (χ3v) is 2.45. The Balaban J connectivity index is 2.62. The quantitative estimate of drug-likeness (QED) is 0.833. The van der Waals surface area contributed by atoms with Crippen LogP contribution in [0.4, 0.5) is 5.69 Å². The number of nitrogens with two attached hydrogens (primary N) is 1. The van der Waals surface area contributed by atoms with Gasteiger partial charge in [-0.15, -0.1) is 0 Å². The Morgan fingerprint density at radius 1 is 1.28 bits per heavy atom. The van der Waals surface area contributed by atoms with Crippen molar-refractivity contribution in [1.29, 1.82) is 5.26 Å². The Hall–Kier alpha value is -2.87. The number of carboxylic acids is 1. The Morgan fingerprint density at radius 3 is 2.67 bits per heavy atom. The van der Waals surface area contributed by atoms with Crippen molar-refractivity contribution in [3.05, 3.63) is 47.7 Å². The van der Waals surface area contributed by atoms with E-state index in [0.29, 0.717) is 16.8 Å². The van der Waals surface area contributed by atoms with Gasteiger partial charge >= 0.3 is 5.97 Å². The van der Waals surface area contributed by atoms with Gasteiger partial charge < -0.3 is 10.8 Å². The first kappa shape index (κ1) is 11.6. The van der Waals surface area contributed by atoms with Crippen molar-refractivity contribution >= 4 is 11.7 Å². The maximum absolute atomic E-state index is 11.0. The number of pyridine rings is 1. The van der Waals surface area contributed by atoms with Crippen molar-refractivity contribution in [3.63, 3.8) is 0 Å². The highest BCUT2D eigenvalue weighted by molar-refractivity contribution is 5.92. The second-order valence-corrected chi connectivity index (χ2v) is 3.60. The fourth-order valence-corrected chi connectivity index (χ4v) is 1.60. The summed E-state index contributed by atoms with van der Waals surface area (Å²) in [5.41, 5.74) is 6.86. The van der Waals surface area contributed by atoms with Crippen molar-refractivity contribution < 1.29 is 9.90 Å². The Labute approximate surface area is 103 Å². The van der Waals surface area contributed by atoms with E-state index in [1.165, 1.54) is 6.07 Å². The van der Waals surface area contributed by atoms with Crippen LogP contribution in [0.25, 0.3) is 11.3 Å². The molecule has 1 heterocycles. The molecule has 5 nitrogen and oxygen atoms in total. The largest absolute Gasteiger partial charge is 0.476 e. The van der Waals surface area contributed by atoms with Crippen LogP contribution in [0, 0.1) is 11.3 Å². The van der Waals surface area contributed by atoms with Gasteiger partial charge in [-0.25, -0.2) is 9.78 Å². The molecule has 3 N–H and O–H groups in total. The average Bonchev–Trinajstić information content (AvgIpc) is 2.39. The van der Waals surface area contributed by atoms with Crippen LogP contribution < -0.4 is 5.73 Å². The van der Waals surface area contributed by atoms with E-state index >= 15 is 0 Å². The van der Waals surface area contributed by atoms with E-state index in [-0.39, 0.29) is 11.4 Å². The zero-order valence-corrected chi connectivity index (χ0v) is 9.29. The number of carboxylic acid groups (broad SMARTS) is 1. The van der Waals surface area contributed by atoms with E-state index in [1.54, 1.807) is 30.3 Å². The molecule has 0 bridgehead atoms. The Bertz CT molecular complexity index is 660. The van der Waals surface area contributed by atoms with E-state index in [2.05, 4.69) is 4.98 Å². The van der Waals surface area contributed by atoms with Crippen molar-refractivity contribution in [1.82, 2.24) is 4.98 Å². The molecule has 0 unspecified atom stereocenters. The Kier molecular flexibility index (Phi) is 2.94. The molecule has 0 aliphatic carbocycles. The van der Waals surface area contributed by atoms with E-state index in [1.807, 2.05) is 6.07 Å². The molecular weight excluding hydrogens is 230 g/mol. The van der Waals surface area contributed by atoms with Gasteiger partial charge in [-0.2, -0.15) is 5.26 Å². The van der Waals surface area contributed by atoms with Crippen molar-refractivity contribution in [2.24, 2.45) is 0 Å². The molecule has 0 spiro atoms. The summed E-state index contributed by atoms with van der Waals surface area (Å²) in [5, 5.41) is 18.0. The van der Waals surface area contributed by atoms with E-state index in [0.717, 1.165) is 0 Å². The summed E-state index contributed by atoms with van der Waals surface area (Å²) < 4.78 is 0. The zero-order valence-electron chi connectivity index (χ0n) is 9.29. The third kappa shape index (κ3) is 1.99. The summed E-state index contributed by atoms with van der Waals surface area (Å²) >= 11 is 0. The minimum absolute atomic E-state index is 0.0979. The fraction of sp³-hybridized carbons (Fsp3) is 0. The molecule has 18 heavy (non-hydrogen) atoms. The summed E-state index contributed by atoms with van der Waals surface area (Å²) in [6, 6.07) is 12.0. The van der Waals surface area contributed by atoms with E-state index in [4.69, 9.17) is 16.1 Å². The number of nitrogen functional groups attached to an aromatic ring is 1. The molecule has 0 saturated carbocycles. The van der Waals surface area contributed by atoms with Crippen LogP contribution in [0.15, 0.2) is 36.4 Å². The number of aromatic carboxylic acids is 1. The van der Waals surface area contributed by atoms with Gasteiger partial charge in [-0.05, 0) is 18.2 Å². The summed E-state index contributed by atoms with van der Waals surface area (Å²) in [6.07, 6.45) is 0. The molecule has 0 radical (unpaired) electrons. The average molecular weight is 239 g/mol. The van der Waals surface area contributed by atoms with Gasteiger partial charge in [0.2, 0.25) is 0 Å². The van der Waals surface area contributed by atoms with Gasteiger partial charge in [0.15, 0.2) is 5.69 Å². The molecule has 0 saturated heterocycles. The number of rotatable bonds is 2. The molecule has 0 aliphatic heterocycles. The van der Waals surface area contributed by atoms with Crippen LogP contribution in [-0.4, -0.2) is 16.1 Å². The number of nitrogens with zero attached hydrogens (tertiary/aromatic N) is 2. The molecular formula is C13H9N3O2. The predicted octanol–water partition coefficient (Wildman–Crippen LogP) is 1.90. The second kappa shape index (κ2) is 4.55. The normalized spacial score (nSPS) is 9.72. The number of aromatic nitrogens is 1. The summed E-state index contributed by atoms with van der Waals surface area (Å²) in [6.45, 7) is 0. The molecule has 0 fully saturated rings. The standard InChI is InChI=1S/C13H9N3O2/c14-7-8-3-1-2-4-9(8)11-6-5-10(15)12(16-11)13(17)18/h1-6H,15H2,(H,17,18). The molecule has 2 rings (SSSR count). The lowest BCUT2D eigenvalue weighted by Gasteiger charge is -2.06. The van der Waals surface area contributed by atoms with Gasteiger partial charge in [0.05, 0.1) is 23.0 Å². The minimum atomic E-state index is -1.19. The lowest BCUT2D eigenvalue weighted by atomic mass is 10.0. The molecule has 0 amide bonds. The van der Waals surface area contributed by atoms with Crippen LogP contribution in [0.2, 0.25) is 0 Å². The smallest absolute Gasteiger partial charge is 0.356 e. The number of anilines is 1. The van der Waals surface area contributed by atoms with Crippen molar-refractivity contribution in [3.8, 4) is 17.3 Å². The van der Waals surface area contributed by atoms with Crippen LogP contribution in [0.3, 0.4) is 0 Å². The summed E-state index contributed by atoms with van der Waals surface area (Å²) in [5.74, 6) is -1.19. The topological polar surface area (TPSA) is 100 Å². The van der Waals surface area contributed by atoms with Crippen LogP contribution in [0.5, 0.6) is 0 Å². The second-order valence-electron chi connectivity index (χ2n) is 3.60. The lowest BCUT2D eigenvalue weighted by Crippen LogP contribution is -2.06. The number of hydrogen-bond donors (Lipinski definition) is 2. The zero-order chi connectivity index (χ0) is 13.1. The fourth-order valence-electron chi connectivity index (χ4n) is 1.60. The molecule has 2 aromatic rings. The van der Waals surface area contributed by atoms with Gasteiger partial charge in [-0.3, -0.25) is 0 Å². The van der Waals surface area contributed by atoms with Crippen LogP contribution >= 0.6 is 0 Å². The monoisotopic (exact) mass is 239 g/mol.